The average molecular weight is 386 g/mol. The molecular weight excluding hydrogens is 362 g/mol. The minimum Gasteiger partial charge on any atom is -0.443 e. The van der Waals surface area contributed by atoms with Gasteiger partial charge in [-0.1, -0.05) is 6.07 Å². The first-order valence-electron chi connectivity index (χ1n) is 7.32. The summed E-state index contributed by atoms with van der Waals surface area (Å²) < 4.78 is 11.3. The molecule has 1 rings (SSSR count). The van der Waals surface area contributed by atoms with Crippen LogP contribution in [0.15, 0.2) is 22.7 Å². The third-order valence-corrected chi connectivity index (χ3v) is 3.17. The van der Waals surface area contributed by atoms with Gasteiger partial charge >= 0.3 is 12.2 Å². The molecule has 0 fully saturated rings. The SMILES string of the molecule is Cc1ccc(Br)c(N(C(=O)OC(C)(C)C)C(=O)OC(C)(C)C)c1. The summed E-state index contributed by atoms with van der Waals surface area (Å²) in [6, 6.07) is 5.36. The molecule has 128 valence electrons. The first kappa shape index (κ1) is 19.5. The molecule has 0 bridgehead atoms. The maximum atomic E-state index is 12.5. The van der Waals surface area contributed by atoms with Gasteiger partial charge in [0.2, 0.25) is 0 Å². The van der Waals surface area contributed by atoms with E-state index in [0.29, 0.717) is 10.2 Å². The number of nitrogens with zero attached hydrogens (tertiary/aromatic N) is 1. The van der Waals surface area contributed by atoms with Gasteiger partial charge in [-0.2, -0.15) is 4.90 Å². The van der Waals surface area contributed by atoms with Gasteiger partial charge in [-0.3, -0.25) is 0 Å². The van der Waals surface area contributed by atoms with Crippen molar-refractivity contribution in [3.05, 3.63) is 28.2 Å². The number of rotatable bonds is 1. The van der Waals surface area contributed by atoms with Crippen LogP contribution in [-0.4, -0.2) is 23.4 Å². The molecule has 1 aromatic carbocycles. The topological polar surface area (TPSA) is 55.8 Å². The number of amides is 2. The summed E-state index contributed by atoms with van der Waals surface area (Å²) in [5.41, 5.74) is -0.171. The zero-order chi connectivity index (χ0) is 18.0. The highest BCUT2D eigenvalue weighted by molar-refractivity contribution is 9.10. The maximum Gasteiger partial charge on any atom is 0.424 e. The van der Waals surface area contributed by atoms with Crippen molar-refractivity contribution in [2.45, 2.75) is 59.7 Å². The zero-order valence-corrected chi connectivity index (χ0v) is 16.3. The molecule has 0 saturated carbocycles. The maximum absolute atomic E-state index is 12.5. The molecule has 0 aliphatic heterocycles. The van der Waals surface area contributed by atoms with Crippen molar-refractivity contribution in [2.75, 3.05) is 4.90 Å². The number of benzene rings is 1. The number of ether oxygens (including phenoxy) is 2. The second kappa shape index (κ2) is 6.91. The number of carbonyl (C=O) groups excluding carboxylic acids is 2. The van der Waals surface area contributed by atoms with Crippen LogP contribution < -0.4 is 4.90 Å². The van der Waals surface area contributed by atoms with Crippen LogP contribution >= 0.6 is 15.9 Å². The predicted octanol–water partition coefficient (Wildman–Crippen LogP) is 5.43. The van der Waals surface area contributed by atoms with Crippen molar-refractivity contribution in [1.82, 2.24) is 0 Å². The average Bonchev–Trinajstić information content (AvgIpc) is 2.29. The zero-order valence-electron chi connectivity index (χ0n) is 14.7. The molecule has 0 spiro atoms. The van der Waals surface area contributed by atoms with Crippen molar-refractivity contribution >= 4 is 33.8 Å². The lowest BCUT2D eigenvalue weighted by atomic mass is 10.2. The van der Waals surface area contributed by atoms with Crippen LogP contribution in [0.25, 0.3) is 0 Å². The lowest BCUT2D eigenvalue weighted by Crippen LogP contribution is -2.44. The number of aryl methyl sites for hydroxylation is 1. The van der Waals surface area contributed by atoms with Crippen molar-refractivity contribution in [3.8, 4) is 0 Å². The van der Waals surface area contributed by atoms with Gasteiger partial charge in [0.05, 0.1) is 5.69 Å². The number of imide groups is 1. The standard InChI is InChI=1S/C17H24BrNO4/c1-11-8-9-12(18)13(10-11)19(14(20)22-16(2,3)4)15(21)23-17(5,6)7/h8-10H,1-7H3. The van der Waals surface area contributed by atoms with Gasteiger partial charge in [0.15, 0.2) is 0 Å². The second-order valence-electron chi connectivity index (χ2n) is 7.25. The fourth-order valence-corrected chi connectivity index (χ4v) is 2.10. The lowest BCUT2D eigenvalue weighted by molar-refractivity contribution is 0.0430. The van der Waals surface area contributed by atoms with Crippen molar-refractivity contribution in [3.63, 3.8) is 0 Å². The van der Waals surface area contributed by atoms with Gasteiger partial charge in [0.25, 0.3) is 0 Å². The highest BCUT2D eigenvalue weighted by Crippen LogP contribution is 2.30. The monoisotopic (exact) mass is 385 g/mol. The minimum atomic E-state index is -0.780. The van der Waals surface area contributed by atoms with Crippen LogP contribution in [0.1, 0.15) is 47.1 Å². The normalized spacial score (nSPS) is 11.8. The van der Waals surface area contributed by atoms with E-state index in [0.717, 1.165) is 10.5 Å². The molecule has 0 radical (unpaired) electrons. The van der Waals surface area contributed by atoms with Crippen LogP contribution in [0.5, 0.6) is 0 Å². The van der Waals surface area contributed by atoms with Crippen molar-refractivity contribution in [2.24, 2.45) is 0 Å². The van der Waals surface area contributed by atoms with E-state index in [-0.39, 0.29) is 0 Å². The summed E-state index contributed by atoms with van der Waals surface area (Å²) in [5, 5.41) is 0. The second-order valence-corrected chi connectivity index (χ2v) is 8.11. The summed E-state index contributed by atoms with van der Waals surface area (Å²) in [4.78, 5) is 26.0. The van der Waals surface area contributed by atoms with Crippen LogP contribution in [0.4, 0.5) is 15.3 Å². The first-order chi connectivity index (χ1) is 10.3. The van der Waals surface area contributed by atoms with E-state index in [9.17, 15) is 9.59 Å². The van der Waals surface area contributed by atoms with E-state index in [4.69, 9.17) is 9.47 Å². The molecule has 2 amide bonds. The minimum absolute atomic E-state index is 0.383. The fraction of sp³-hybridized carbons (Fsp3) is 0.529. The van der Waals surface area contributed by atoms with E-state index in [1.54, 1.807) is 53.7 Å². The predicted molar refractivity (Wildman–Crippen MR) is 93.8 cm³/mol. The molecule has 0 unspecified atom stereocenters. The third-order valence-electron chi connectivity index (χ3n) is 2.49. The van der Waals surface area contributed by atoms with Crippen LogP contribution in [0, 0.1) is 6.92 Å². The Hall–Kier alpha value is -1.56. The molecule has 0 aliphatic rings. The third kappa shape index (κ3) is 6.22. The molecule has 0 aromatic heterocycles. The van der Waals surface area contributed by atoms with Crippen molar-refractivity contribution < 1.29 is 19.1 Å². The largest absolute Gasteiger partial charge is 0.443 e. The fourth-order valence-electron chi connectivity index (χ4n) is 1.68. The smallest absolute Gasteiger partial charge is 0.424 e. The van der Waals surface area contributed by atoms with E-state index >= 15 is 0 Å². The molecule has 0 heterocycles. The summed E-state index contributed by atoms with van der Waals surface area (Å²) in [6.45, 7) is 12.3. The Morgan fingerprint density at radius 2 is 1.39 bits per heavy atom. The van der Waals surface area contributed by atoms with Gasteiger partial charge in [0, 0.05) is 4.47 Å². The summed E-state index contributed by atoms with van der Waals surface area (Å²) >= 11 is 3.37. The van der Waals surface area contributed by atoms with Gasteiger partial charge in [-0.05, 0) is 82.1 Å². The molecular formula is C17H24BrNO4. The van der Waals surface area contributed by atoms with Gasteiger partial charge in [-0.25, -0.2) is 9.59 Å². The van der Waals surface area contributed by atoms with Crippen LogP contribution in [-0.2, 0) is 9.47 Å². The Bertz CT molecular complexity index is 572. The van der Waals surface area contributed by atoms with E-state index < -0.39 is 23.4 Å². The summed E-state index contributed by atoms with van der Waals surface area (Å²) in [6.07, 6.45) is -1.56. The molecule has 5 nitrogen and oxygen atoms in total. The van der Waals surface area contributed by atoms with Gasteiger partial charge in [-0.15, -0.1) is 0 Å². The lowest BCUT2D eigenvalue weighted by Gasteiger charge is -2.29. The Labute approximate surface area is 146 Å². The van der Waals surface area contributed by atoms with Gasteiger partial charge < -0.3 is 9.47 Å². The molecule has 0 atom stereocenters. The number of hydrogen-bond donors (Lipinski definition) is 0. The Morgan fingerprint density at radius 3 is 1.78 bits per heavy atom. The Balaban J connectivity index is 3.28. The van der Waals surface area contributed by atoms with E-state index in [1.807, 2.05) is 13.0 Å². The number of hydrogen-bond acceptors (Lipinski definition) is 4. The number of anilines is 1. The Morgan fingerprint density at radius 1 is 0.957 bits per heavy atom. The van der Waals surface area contributed by atoms with Gasteiger partial charge in [0.1, 0.15) is 11.2 Å². The number of halogens is 1. The molecule has 23 heavy (non-hydrogen) atoms. The van der Waals surface area contributed by atoms with Crippen molar-refractivity contribution in [1.29, 1.82) is 0 Å². The Kier molecular flexibility index (Phi) is 5.85. The first-order valence-corrected chi connectivity index (χ1v) is 8.12. The summed E-state index contributed by atoms with van der Waals surface area (Å²) in [7, 11) is 0. The van der Waals surface area contributed by atoms with E-state index in [1.165, 1.54) is 0 Å². The highest BCUT2D eigenvalue weighted by atomic mass is 79.9. The van der Waals surface area contributed by atoms with Crippen LogP contribution in [0.2, 0.25) is 0 Å². The molecule has 1 aromatic rings. The highest BCUT2D eigenvalue weighted by Gasteiger charge is 2.33. The number of carbonyl (C=O) groups is 2. The summed E-state index contributed by atoms with van der Waals surface area (Å²) in [5.74, 6) is 0. The van der Waals surface area contributed by atoms with E-state index in [2.05, 4.69) is 15.9 Å². The molecule has 0 N–H and O–H groups in total. The molecule has 0 aliphatic carbocycles. The quantitative estimate of drug-likeness (QED) is 0.646. The van der Waals surface area contributed by atoms with Crippen LogP contribution in [0.3, 0.4) is 0 Å². The molecule has 0 saturated heterocycles. The molecule has 6 heteroatoms.